The van der Waals surface area contributed by atoms with Gasteiger partial charge in [0.2, 0.25) is 0 Å². The molecule has 0 amide bonds. The number of pyridine rings is 2. The summed E-state index contributed by atoms with van der Waals surface area (Å²) in [5.41, 5.74) is 2.16. The summed E-state index contributed by atoms with van der Waals surface area (Å²) >= 11 is 5.75. The number of aryl methyl sites for hydroxylation is 1. The minimum absolute atomic E-state index is 0.0297. The van der Waals surface area contributed by atoms with Crippen LogP contribution in [0.15, 0.2) is 30.7 Å². The molecule has 0 atom stereocenters. The quantitative estimate of drug-likeness (QED) is 0.899. The number of carbonyl (C=O) groups is 1. The number of carboxylic acid groups (broad SMARTS) is 1. The van der Waals surface area contributed by atoms with Crippen molar-refractivity contribution in [1.82, 2.24) is 9.97 Å². The van der Waals surface area contributed by atoms with E-state index >= 15 is 0 Å². The molecule has 2 N–H and O–H groups in total. The molecule has 0 unspecified atom stereocenters. The highest BCUT2D eigenvalue weighted by Crippen LogP contribution is 2.18. The lowest BCUT2D eigenvalue weighted by atomic mass is 10.1. The summed E-state index contributed by atoms with van der Waals surface area (Å²) in [6.45, 7) is 2.50. The van der Waals surface area contributed by atoms with E-state index in [1.165, 1.54) is 12.3 Å². The number of hydrogen-bond donors (Lipinski definition) is 2. The van der Waals surface area contributed by atoms with Crippen LogP contribution in [-0.2, 0) is 6.54 Å². The van der Waals surface area contributed by atoms with Gasteiger partial charge in [-0.2, -0.15) is 0 Å². The molecule has 0 aliphatic rings. The van der Waals surface area contributed by atoms with Crippen molar-refractivity contribution in [3.63, 3.8) is 0 Å². The summed E-state index contributed by atoms with van der Waals surface area (Å²) in [7, 11) is 0. The molecule has 0 aliphatic carbocycles. The molecule has 0 bridgehead atoms. The number of carboxylic acids is 1. The highest BCUT2D eigenvalue weighted by molar-refractivity contribution is 6.33. The van der Waals surface area contributed by atoms with Gasteiger partial charge in [-0.05, 0) is 30.2 Å². The van der Waals surface area contributed by atoms with E-state index in [0.29, 0.717) is 12.4 Å². The number of nitrogens with one attached hydrogen (secondary N) is 1. The number of halogens is 1. The van der Waals surface area contributed by atoms with Crippen molar-refractivity contribution in [2.24, 2.45) is 0 Å². The van der Waals surface area contributed by atoms with E-state index in [9.17, 15) is 4.79 Å². The minimum atomic E-state index is -1.08. The van der Waals surface area contributed by atoms with Crippen LogP contribution in [-0.4, -0.2) is 21.0 Å². The molecule has 0 spiro atoms. The molecule has 0 saturated heterocycles. The lowest BCUT2D eigenvalue weighted by molar-refractivity contribution is 0.0697. The first-order chi connectivity index (χ1) is 9.08. The molecular weight excluding hydrogens is 266 g/mol. The first-order valence-corrected chi connectivity index (χ1v) is 5.98. The highest BCUT2D eigenvalue weighted by Gasteiger charge is 2.10. The molecule has 2 aromatic heterocycles. The predicted octanol–water partition coefficient (Wildman–Crippen LogP) is 2.75. The largest absolute Gasteiger partial charge is 0.478 e. The number of hydrogen-bond acceptors (Lipinski definition) is 4. The maximum absolute atomic E-state index is 11.0. The Labute approximate surface area is 115 Å². The van der Waals surface area contributed by atoms with Gasteiger partial charge in [-0.15, -0.1) is 0 Å². The fraction of sp³-hybridized carbons (Fsp3) is 0.154. The Hall–Kier alpha value is -2.14. The molecule has 2 rings (SSSR count). The van der Waals surface area contributed by atoms with Crippen molar-refractivity contribution in [2.75, 3.05) is 5.32 Å². The van der Waals surface area contributed by atoms with E-state index in [2.05, 4.69) is 15.3 Å². The second-order valence-electron chi connectivity index (χ2n) is 4.01. The molecule has 6 heteroatoms. The number of rotatable bonds is 4. The second-order valence-corrected chi connectivity index (χ2v) is 4.42. The average Bonchev–Trinajstić information content (AvgIpc) is 2.39. The van der Waals surface area contributed by atoms with Crippen LogP contribution in [0.3, 0.4) is 0 Å². The zero-order valence-corrected chi connectivity index (χ0v) is 11.0. The van der Waals surface area contributed by atoms with E-state index in [4.69, 9.17) is 16.7 Å². The zero-order valence-electron chi connectivity index (χ0n) is 10.2. The SMILES string of the molecule is Cc1ccncc1CNc1cc(C(=O)O)c(Cl)cn1. The maximum Gasteiger partial charge on any atom is 0.337 e. The van der Waals surface area contributed by atoms with Gasteiger partial charge < -0.3 is 10.4 Å². The molecule has 0 saturated carbocycles. The third kappa shape index (κ3) is 3.20. The second kappa shape index (κ2) is 5.67. The van der Waals surface area contributed by atoms with Crippen LogP contribution in [0.25, 0.3) is 0 Å². The third-order valence-electron chi connectivity index (χ3n) is 2.69. The van der Waals surface area contributed by atoms with Crippen LogP contribution >= 0.6 is 11.6 Å². The highest BCUT2D eigenvalue weighted by atomic mass is 35.5. The van der Waals surface area contributed by atoms with Crippen LogP contribution in [0.5, 0.6) is 0 Å². The van der Waals surface area contributed by atoms with Gasteiger partial charge in [-0.1, -0.05) is 11.6 Å². The molecule has 0 fully saturated rings. The number of aromatic carboxylic acids is 1. The van der Waals surface area contributed by atoms with Gasteiger partial charge in [0.25, 0.3) is 0 Å². The van der Waals surface area contributed by atoms with E-state index in [1.54, 1.807) is 12.4 Å². The zero-order chi connectivity index (χ0) is 13.8. The topological polar surface area (TPSA) is 75.1 Å². The van der Waals surface area contributed by atoms with Crippen molar-refractivity contribution in [1.29, 1.82) is 0 Å². The predicted molar refractivity (Wildman–Crippen MR) is 72.5 cm³/mol. The molecule has 0 radical (unpaired) electrons. The lowest BCUT2D eigenvalue weighted by Gasteiger charge is -2.08. The van der Waals surface area contributed by atoms with E-state index in [1.807, 2.05) is 13.0 Å². The Bertz CT molecular complexity index is 617. The van der Waals surface area contributed by atoms with Crippen molar-refractivity contribution in [3.8, 4) is 0 Å². The average molecular weight is 278 g/mol. The molecular formula is C13H12ClN3O2. The number of aromatic nitrogens is 2. The van der Waals surface area contributed by atoms with E-state index < -0.39 is 5.97 Å². The van der Waals surface area contributed by atoms with Gasteiger partial charge in [0.1, 0.15) is 5.82 Å². The van der Waals surface area contributed by atoms with E-state index in [-0.39, 0.29) is 10.6 Å². The summed E-state index contributed by atoms with van der Waals surface area (Å²) < 4.78 is 0. The van der Waals surface area contributed by atoms with Gasteiger partial charge in [-0.3, -0.25) is 4.98 Å². The van der Waals surface area contributed by atoms with Crippen molar-refractivity contribution in [3.05, 3.63) is 52.4 Å². The molecule has 2 aromatic rings. The maximum atomic E-state index is 11.0. The van der Waals surface area contributed by atoms with Gasteiger partial charge in [-0.25, -0.2) is 9.78 Å². The van der Waals surface area contributed by atoms with Gasteiger partial charge in [0.15, 0.2) is 0 Å². The Morgan fingerprint density at radius 2 is 2.26 bits per heavy atom. The van der Waals surface area contributed by atoms with Gasteiger partial charge in [0.05, 0.1) is 10.6 Å². The Morgan fingerprint density at radius 3 is 2.95 bits per heavy atom. The Morgan fingerprint density at radius 1 is 1.47 bits per heavy atom. The van der Waals surface area contributed by atoms with Crippen LogP contribution in [0, 0.1) is 6.92 Å². The normalized spacial score (nSPS) is 10.2. The third-order valence-corrected chi connectivity index (χ3v) is 2.99. The van der Waals surface area contributed by atoms with Crippen molar-refractivity contribution < 1.29 is 9.90 Å². The summed E-state index contributed by atoms with van der Waals surface area (Å²) in [6, 6.07) is 3.32. The fourth-order valence-corrected chi connectivity index (χ4v) is 1.75. The fourth-order valence-electron chi connectivity index (χ4n) is 1.57. The van der Waals surface area contributed by atoms with Gasteiger partial charge in [0, 0.05) is 25.1 Å². The van der Waals surface area contributed by atoms with E-state index in [0.717, 1.165) is 11.1 Å². The minimum Gasteiger partial charge on any atom is -0.478 e. The summed E-state index contributed by atoms with van der Waals surface area (Å²) in [4.78, 5) is 19.0. The Balaban J connectivity index is 2.14. The molecule has 0 aliphatic heterocycles. The Kier molecular flexibility index (Phi) is 3.97. The lowest BCUT2D eigenvalue weighted by Crippen LogP contribution is -2.06. The summed E-state index contributed by atoms with van der Waals surface area (Å²) in [6.07, 6.45) is 4.81. The summed E-state index contributed by atoms with van der Waals surface area (Å²) in [5, 5.41) is 12.1. The van der Waals surface area contributed by atoms with Crippen LogP contribution < -0.4 is 5.32 Å². The number of anilines is 1. The van der Waals surface area contributed by atoms with Crippen molar-refractivity contribution in [2.45, 2.75) is 13.5 Å². The molecule has 5 nitrogen and oxygen atoms in total. The standard InChI is InChI=1S/C13H12ClN3O2/c1-8-2-3-15-5-9(8)6-16-12-4-10(13(18)19)11(14)7-17-12/h2-5,7H,6H2,1H3,(H,16,17)(H,18,19). The monoisotopic (exact) mass is 277 g/mol. The van der Waals surface area contributed by atoms with Gasteiger partial charge >= 0.3 is 5.97 Å². The number of nitrogens with zero attached hydrogens (tertiary/aromatic N) is 2. The first-order valence-electron chi connectivity index (χ1n) is 5.60. The molecule has 98 valence electrons. The van der Waals surface area contributed by atoms with Crippen LogP contribution in [0.4, 0.5) is 5.82 Å². The molecule has 2 heterocycles. The molecule has 19 heavy (non-hydrogen) atoms. The smallest absolute Gasteiger partial charge is 0.337 e. The first kappa shape index (κ1) is 13.3. The van der Waals surface area contributed by atoms with Crippen LogP contribution in [0.1, 0.15) is 21.5 Å². The van der Waals surface area contributed by atoms with Crippen LogP contribution in [0.2, 0.25) is 5.02 Å². The summed E-state index contributed by atoms with van der Waals surface area (Å²) in [5.74, 6) is -0.613. The van der Waals surface area contributed by atoms with Crippen molar-refractivity contribution >= 4 is 23.4 Å². The molecule has 0 aromatic carbocycles.